The molecule has 0 radical (unpaired) electrons. The molecule has 0 aromatic carbocycles. The van der Waals surface area contributed by atoms with Gasteiger partial charge in [0.05, 0.1) is 12.0 Å². The molecular formula is C9H19NO3. The fourth-order valence-electron chi connectivity index (χ4n) is 0.741. The number of hydrogen-bond donors (Lipinski definition) is 3. The van der Waals surface area contributed by atoms with Crippen molar-refractivity contribution in [2.24, 2.45) is 5.92 Å². The van der Waals surface area contributed by atoms with Crippen molar-refractivity contribution in [2.75, 3.05) is 13.1 Å². The third-order valence-electron chi connectivity index (χ3n) is 2.24. The van der Waals surface area contributed by atoms with Crippen LogP contribution in [0.1, 0.15) is 27.2 Å². The number of carboxylic acid groups (broad SMARTS) is 1. The molecule has 0 aromatic rings. The first-order valence-electron chi connectivity index (χ1n) is 4.51. The Labute approximate surface area is 79.0 Å². The number of carboxylic acids is 1. The van der Waals surface area contributed by atoms with E-state index in [1.807, 2.05) is 13.8 Å². The summed E-state index contributed by atoms with van der Waals surface area (Å²) in [4.78, 5) is 10.2. The van der Waals surface area contributed by atoms with Crippen molar-refractivity contribution in [1.29, 1.82) is 0 Å². The van der Waals surface area contributed by atoms with E-state index in [1.54, 1.807) is 6.92 Å². The Morgan fingerprint density at radius 2 is 2.08 bits per heavy atom. The zero-order chi connectivity index (χ0) is 10.5. The molecule has 1 unspecified atom stereocenters. The van der Waals surface area contributed by atoms with Crippen molar-refractivity contribution >= 4 is 5.97 Å². The number of carbonyl (C=O) groups is 1. The molecule has 0 aromatic heterocycles. The average molecular weight is 189 g/mol. The second kappa shape index (κ2) is 5.19. The van der Waals surface area contributed by atoms with Gasteiger partial charge in [-0.05, 0) is 12.8 Å². The van der Waals surface area contributed by atoms with Crippen LogP contribution in [0.15, 0.2) is 0 Å². The Hall–Kier alpha value is -0.610. The maximum atomic E-state index is 10.2. The van der Waals surface area contributed by atoms with Crippen LogP contribution in [0.5, 0.6) is 0 Å². The van der Waals surface area contributed by atoms with Crippen LogP contribution in [-0.2, 0) is 4.79 Å². The summed E-state index contributed by atoms with van der Waals surface area (Å²) in [5.74, 6) is -0.665. The molecule has 0 amide bonds. The lowest BCUT2D eigenvalue weighted by Crippen LogP contribution is -2.42. The highest BCUT2D eigenvalue weighted by molar-refractivity contribution is 5.66. The van der Waals surface area contributed by atoms with Gasteiger partial charge in [0.15, 0.2) is 0 Å². The first-order valence-corrected chi connectivity index (χ1v) is 4.51. The van der Waals surface area contributed by atoms with Gasteiger partial charge in [-0.25, -0.2) is 0 Å². The summed E-state index contributed by atoms with van der Waals surface area (Å²) in [6.45, 7) is 6.43. The molecule has 0 aliphatic carbocycles. The van der Waals surface area contributed by atoms with Crippen LogP contribution in [0.2, 0.25) is 0 Å². The number of nitrogens with one attached hydrogen (secondary N) is 1. The van der Waals surface area contributed by atoms with Gasteiger partial charge in [-0.15, -0.1) is 0 Å². The van der Waals surface area contributed by atoms with Crippen LogP contribution in [-0.4, -0.2) is 34.9 Å². The summed E-state index contributed by atoms with van der Waals surface area (Å²) in [5, 5.41) is 21.0. The van der Waals surface area contributed by atoms with E-state index < -0.39 is 11.6 Å². The van der Waals surface area contributed by atoms with Gasteiger partial charge in [0.2, 0.25) is 0 Å². The van der Waals surface area contributed by atoms with Crippen molar-refractivity contribution < 1.29 is 15.0 Å². The van der Waals surface area contributed by atoms with Crippen LogP contribution in [0.25, 0.3) is 0 Å². The minimum absolute atomic E-state index is 0.0914. The first-order chi connectivity index (χ1) is 5.86. The topological polar surface area (TPSA) is 69.6 Å². The lowest BCUT2D eigenvalue weighted by Gasteiger charge is -2.27. The normalized spacial score (nSPS) is 15.8. The molecule has 0 fully saturated rings. The zero-order valence-electron chi connectivity index (χ0n) is 8.50. The number of rotatable bonds is 6. The van der Waals surface area contributed by atoms with E-state index in [2.05, 4.69) is 5.32 Å². The molecule has 0 heterocycles. The highest BCUT2D eigenvalue weighted by atomic mass is 16.4. The molecule has 4 heteroatoms. The minimum atomic E-state index is -0.823. The van der Waals surface area contributed by atoms with Crippen LogP contribution in [0.4, 0.5) is 0 Å². The van der Waals surface area contributed by atoms with E-state index in [1.165, 1.54) is 0 Å². The Balaban J connectivity index is 3.58. The van der Waals surface area contributed by atoms with Crippen LogP contribution in [0.3, 0.4) is 0 Å². The van der Waals surface area contributed by atoms with Gasteiger partial charge < -0.3 is 15.5 Å². The smallest absolute Gasteiger partial charge is 0.304 e. The number of aliphatic carboxylic acids is 1. The summed E-state index contributed by atoms with van der Waals surface area (Å²) in [5.41, 5.74) is -0.765. The number of hydrogen-bond acceptors (Lipinski definition) is 3. The summed E-state index contributed by atoms with van der Waals surface area (Å²) < 4.78 is 0. The Morgan fingerprint density at radius 3 is 2.46 bits per heavy atom. The molecule has 4 nitrogen and oxygen atoms in total. The Morgan fingerprint density at radius 1 is 1.54 bits per heavy atom. The third-order valence-corrected chi connectivity index (χ3v) is 2.24. The largest absolute Gasteiger partial charge is 0.481 e. The van der Waals surface area contributed by atoms with Crippen LogP contribution < -0.4 is 5.32 Å². The van der Waals surface area contributed by atoms with E-state index in [-0.39, 0.29) is 12.3 Å². The van der Waals surface area contributed by atoms with Gasteiger partial charge >= 0.3 is 5.97 Å². The highest BCUT2D eigenvalue weighted by Crippen LogP contribution is 2.14. The maximum Gasteiger partial charge on any atom is 0.304 e. The molecule has 0 rings (SSSR count). The Kier molecular flexibility index (Phi) is 4.95. The standard InChI is InChI=1S/C9H19NO3/c1-7(2)9(3,13)6-10-5-4-8(11)12/h7,10,13H,4-6H2,1-3H3,(H,11,12). The molecule has 0 saturated heterocycles. The van der Waals surface area contributed by atoms with Gasteiger partial charge in [0.25, 0.3) is 0 Å². The molecule has 13 heavy (non-hydrogen) atoms. The average Bonchev–Trinajstić information content (AvgIpc) is 1.97. The molecule has 0 aliphatic heterocycles. The predicted octanol–water partition coefficient (Wildman–Crippen LogP) is 0.458. The second-order valence-corrected chi connectivity index (χ2v) is 3.83. The van der Waals surface area contributed by atoms with Gasteiger partial charge in [-0.3, -0.25) is 4.79 Å². The van der Waals surface area contributed by atoms with Gasteiger partial charge in [-0.2, -0.15) is 0 Å². The monoisotopic (exact) mass is 189 g/mol. The van der Waals surface area contributed by atoms with Gasteiger partial charge in [0, 0.05) is 13.1 Å². The summed E-state index contributed by atoms with van der Waals surface area (Å²) in [6.07, 6.45) is 0.0914. The van der Waals surface area contributed by atoms with Gasteiger partial charge in [-0.1, -0.05) is 13.8 Å². The first kappa shape index (κ1) is 12.4. The lowest BCUT2D eigenvalue weighted by atomic mass is 9.92. The third kappa shape index (κ3) is 5.60. The highest BCUT2D eigenvalue weighted by Gasteiger charge is 2.23. The molecule has 0 saturated carbocycles. The quantitative estimate of drug-likeness (QED) is 0.531. The fraction of sp³-hybridized carbons (Fsp3) is 0.889. The van der Waals surface area contributed by atoms with Crippen molar-refractivity contribution in [3.8, 4) is 0 Å². The summed E-state index contributed by atoms with van der Waals surface area (Å²) in [7, 11) is 0. The van der Waals surface area contributed by atoms with Crippen molar-refractivity contribution in [3.05, 3.63) is 0 Å². The minimum Gasteiger partial charge on any atom is -0.481 e. The van der Waals surface area contributed by atoms with Crippen LogP contribution >= 0.6 is 0 Å². The van der Waals surface area contributed by atoms with Crippen molar-refractivity contribution in [2.45, 2.75) is 32.8 Å². The molecule has 0 spiro atoms. The molecule has 3 N–H and O–H groups in total. The molecule has 78 valence electrons. The van der Waals surface area contributed by atoms with E-state index >= 15 is 0 Å². The van der Waals surface area contributed by atoms with Crippen molar-refractivity contribution in [1.82, 2.24) is 5.32 Å². The fourth-order valence-corrected chi connectivity index (χ4v) is 0.741. The lowest BCUT2D eigenvalue weighted by molar-refractivity contribution is -0.136. The van der Waals surface area contributed by atoms with Crippen LogP contribution in [0, 0.1) is 5.92 Å². The van der Waals surface area contributed by atoms with E-state index in [9.17, 15) is 9.90 Å². The second-order valence-electron chi connectivity index (χ2n) is 3.83. The van der Waals surface area contributed by atoms with Crippen molar-refractivity contribution in [3.63, 3.8) is 0 Å². The molecule has 1 atom stereocenters. The predicted molar refractivity (Wildman–Crippen MR) is 50.6 cm³/mol. The van der Waals surface area contributed by atoms with E-state index in [4.69, 9.17) is 5.11 Å². The maximum absolute atomic E-state index is 10.2. The molecule has 0 aliphatic rings. The van der Waals surface area contributed by atoms with Gasteiger partial charge in [0.1, 0.15) is 0 Å². The summed E-state index contributed by atoms with van der Waals surface area (Å²) >= 11 is 0. The summed E-state index contributed by atoms with van der Waals surface area (Å²) in [6, 6.07) is 0. The van der Waals surface area contributed by atoms with E-state index in [0.29, 0.717) is 13.1 Å². The molecule has 0 bridgehead atoms. The number of aliphatic hydroxyl groups is 1. The van der Waals surface area contributed by atoms with E-state index in [0.717, 1.165) is 0 Å². The SMILES string of the molecule is CC(C)C(C)(O)CNCCC(=O)O. The Bertz CT molecular complexity index is 166. The zero-order valence-corrected chi connectivity index (χ0v) is 8.50. The molecular weight excluding hydrogens is 170 g/mol.